The highest BCUT2D eigenvalue weighted by Crippen LogP contribution is 2.11. The van der Waals surface area contributed by atoms with Crippen LogP contribution in [0.2, 0.25) is 0 Å². The fourth-order valence-electron chi connectivity index (χ4n) is 1.96. The molecule has 102 valence electrons. The summed E-state index contributed by atoms with van der Waals surface area (Å²) in [4.78, 5) is 0. The van der Waals surface area contributed by atoms with Gasteiger partial charge in [-0.2, -0.15) is 0 Å². The summed E-state index contributed by atoms with van der Waals surface area (Å²) in [6.07, 6.45) is 7.40. The normalized spacial score (nSPS) is 12.3. The lowest BCUT2D eigenvalue weighted by molar-refractivity contribution is 0.145. The van der Waals surface area contributed by atoms with Gasteiger partial charge in [0.05, 0.1) is 12.7 Å². The molecule has 2 nitrogen and oxygen atoms in total. The van der Waals surface area contributed by atoms with Crippen molar-refractivity contribution in [2.24, 2.45) is 0 Å². The van der Waals surface area contributed by atoms with Gasteiger partial charge in [-0.1, -0.05) is 44.4 Å². The molecule has 0 spiro atoms. The van der Waals surface area contributed by atoms with Gasteiger partial charge in [-0.25, -0.2) is 0 Å². The van der Waals surface area contributed by atoms with E-state index in [4.69, 9.17) is 4.74 Å². The summed E-state index contributed by atoms with van der Waals surface area (Å²) in [7, 11) is 0. The lowest BCUT2D eigenvalue weighted by atomic mass is 10.1. The molecule has 0 bridgehead atoms. The molecule has 1 aromatic rings. The van der Waals surface area contributed by atoms with E-state index < -0.39 is 0 Å². The Hall–Kier alpha value is -1.02. The van der Waals surface area contributed by atoms with Crippen LogP contribution in [-0.4, -0.2) is 17.8 Å². The van der Waals surface area contributed by atoms with Crippen molar-refractivity contribution in [3.63, 3.8) is 0 Å². The van der Waals surface area contributed by atoms with Crippen molar-refractivity contribution in [1.29, 1.82) is 0 Å². The molecule has 0 heterocycles. The molecule has 1 atom stereocenters. The molecular weight excluding hydrogens is 224 g/mol. The monoisotopic (exact) mass is 250 g/mol. The Kier molecular flexibility index (Phi) is 8.32. The number of aliphatic hydroxyl groups is 1. The second-order valence-corrected chi connectivity index (χ2v) is 4.81. The topological polar surface area (TPSA) is 29.5 Å². The summed E-state index contributed by atoms with van der Waals surface area (Å²) in [5.41, 5.74) is 0. The molecular formula is C16H26O2. The van der Waals surface area contributed by atoms with Crippen molar-refractivity contribution in [1.82, 2.24) is 0 Å². The number of para-hydroxylation sites is 1. The average Bonchev–Trinajstić information content (AvgIpc) is 2.40. The van der Waals surface area contributed by atoms with Crippen LogP contribution in [0, 0.1) is 0 Å². The third-order valence-electron chi connectivity index (χ3n) is 3.08. The summed E-state index contributed by atoms with van der Waals surface area (Å²) in [6, 6.07) is 9.89. The summed E-state index contributed by atoms with van der Waals surface area (Å²) in [5, 5.41) is 9.75. The van der Waals surface area contributed by atoms with Crippen molar-refractivity contribution < 1.29 is 9.84 Å². The van der Waals surface area contributed by atoms with Gasteiger partial charge >= 0.3 is 0 Å². The number of hydrogen-bond donors (Lipinski definition) is 1. The maximum absolute atomic E-state index is 9.75. The molecule has 0 radical (unpaired) electrons. The molecule has 0 aliphatic carbocycles. The molecule has 2 heteroatoms. The molecule has 1 aromatic carbocycles. The maximum atomic E-state index is 9.75. The lowest BCUT2D eigenvalue weighted by Gasteiger charge is -2.10. The Labute approximate surface area is 111 Å². The van der Waals surface area contributed by atoms with Crippen LogP contribution in [0.1, 0.15) is 51.9 Å². The number of rotatable bonds is 10. The molecule has 0 amide bonds. The first-order valence-corrected chi connectivity index (χ1v) is 7.19. The van der Waals surface area contributed by atoms with Crippen LogP contribution >= 0.6 is 0 Å². The highest BCUT2D eigenvalue weighted by atomic mass is 16.5. The third kappa shape index (κ3) is 7.33. The van der Waals surface area contributed by atoms with Crippen molar-refractivity contribution >= 4 is 0 Å². The molecule has 0 aliphatic rings. The van der Waals surface area contributed by atoms with Crippen LogP contribution in [0.25, 0.3) is 0 Å². The lowest BCUT2D eigenvalue weighted by Crippen LogP contribution is -2.07. The summed E-state index contributed by atoms with van der Waals surface area (Å²) in [5.74, 6) is 0.931. The van der Waals surface area contributed by atoms with Crippen molar-refractivity contribution in [3.05, 3.63) is 30.3 Å². The largest absolute Gasteiger partial charge is 0.494 e. The molecule has 0 saturated carbocycles. The molecule has 1 rings (SSSR count). The number of aliphatic hydroxyl groups excluding tert-OH is 1. The number of ether oxygens (including phenoxy) is 1. The standard InChI is InChI=1S/C16H26O2/c1-2-3-5-10-15(17)11-8-9-14-18-16-12-6-4-7-13-16/h4,6-7,12-13,15,17H,2-3,5,8-11,14H2,1H3/t15-/m1/s1. The van der Waals surface area contributed by atoms with Crippen molar-refractivity contribution in [2.75, 3.05) is 6.61 Å². The molecule has 0 aromatic heterocycles. The van der Waals surface area contributed by atoms with E-state index in [1.165, 1.54) is 12.8 Å². The number of benzene rings is 1. The molecule has 0 saturated heterocycles. The van der Waals surface area contributed by atoms with Gasteiger partial charge in [0.15, 0.2) is 0 Å². The van der Waals surface area contributed by atoms with Crippen molar-refractivity contribution in [2.45, 2.75) is 58.0 Å². The minimum absolute atomic E-state index is 0.117. The second-order valence-electron chi connectivity index (χ2n) is 4.81. The predicted molar refractivity (Wildman–Crippen MR) is 75.9 cm³/mol. The van der Waals surface area contributed by atoms with Crippen molar-refractivity contribution in [3.8, 4) is 5.75 Å². The van der Waals surface area contributed by atoms with E-state index in [0.717, 1.165) is 44.5 Å². The molecule has 0 fully saturated rings. The minimum Gasteiger partial charge on any atom is -0.494 e. The second kappa shape index (κ2) is 9.95. The molecule has 0 unspecified atom stereocenters. The Balaban J connectivity index is 1.95. The van der Waals surface area contributed by atoms with Gasteiger partial charge < -0.3 is 9.84 Å². The first kappa shape index (κ1) is 15.0. The number of unbranched alkanes of at least 4 members (excludes halogenated alkanes) is 3. The minimum atomic E-state index is -0.117. The smallest absolute Gasteiger partial charge is 0.119 e. The van der Waals surface area contributed by atoms with Gasteiger partial charge in [0.2, 0.25) is 0 Å². The zero-order valence-corrected chi connectivity index (χ0v) is 11.5. The Morgan fingerprint density at radius 3 is 2.33 bits per heavy atom. The van der Waals surface area contributed by atoms with E-state index in [-0.39, 0.29) is 6.10 Å². The quantitative estimate of drug-likeness (QED) is 0.631. The van der Waals surface area contributed by atoms with Gasteiger partial charge in [-0.15, -0.1) is 0 Å². The van der Waals surface area contributed by atoms with Gasteiger partial charge in [0.1, 0.15) is 5.75 Å². The van der Waals surface area contributed by atoms with Crippen LogP contribution in [-0.2, 0) is 0 Å². The molecule has 0 aliphatic heterocycles. The van der Waals surface area contributed by atoms with Crippen LogP contribution in [0.3, 0.4) is 0 Å². The highest BCUT2D eigenvalue weighted by molar-refractivity contribution is 5.20. The average molecular weight is 250 g/mol. The number of hydrogen-bond acceptors (Lipinski definition) is 2. The van der Waals surface area contributed by atoms with E-state index in [1.807, 2.05) is 30.3 Å². The molecule has 18 heavy (non-hydrogen) atoms. The van der Waals surface area contributed by atoms with Gasteiger partial charge in [-0.05, 0) is 37.8 Å². The fourth-order valence-corrected chi connectivity index (χ4v) is 1.96. The Morgan fingerprint density at radius 1 is 1.00 bits per heavy atom. The van der Waals surface area contributed by atoms with E-state index in [9.17, 15) is 5.11 Å². The van der Waals surface area contributed by atoms with Crippen LogP contribution in [0.4, 0.5) is 0 Å². The predicted octanol–water partition coefficient (Wildman–Crippen LogP) is 4.18. The maximum Gasteiger partial charge on any atom is 0.119 e. The van der Waals surface area contributed by atoms with Crippen LogP contribution in [0.15, 0.2) is 30.3 Å². The summed E-state index contributed by atoms with van der Waals surface area (Å²) >= 11 is 0. The van der Waals surface area contributed by atoms with E-state index in [0.29, 0.717) is 0 Å². The SMILES string of the molecule is CCCCC[C@@H](O)CCCCOc1ccccc1. The first-order valence-electron chi connectivity index (χ1n) is 7.19. The van der Waals surface area contributed by atoms with Gasteiger partial charge in [0.25, 0.3) is 0 Å². The van der Waals surface area contributed by atoms with E-state index in [2.05, 4.69) is 6.92 Å². The fraction of sp³-hybridized carbons (Fsp3) is 0.625. The zero-order valence-electron chi connectivity index (χ0n) is 11.5. The van der Waals surface area contributed by atoms with Gasteiger partial charge in [0, 0.05) is 0 Å². The van der Waals surface area contributed by atoms with Gasteiger partial charge in [-0.3, -0.25) is 0 Å². The Bertz CT molecular complexity index is 284. The van der Waals surface area contributed by atoms with E-state index >= 15 is 0 Å². The first-order chi connectivity index (χ1) is 8.83. The highest BCUT2D eigenvalue weighted by Gasteiger charge is 2.03. The summed E-state index contributed by atoms with van der Waals surface area (Å²) in [6.45, 7) is 2.93. The van der Waals surface area contributed by atoms with Crippen LogP contribution < -0.4 is 4.74 Å². The van der Waals surface area contributed by atoms with Crippen LogP contribution in [0.5, 0.6) is 5.75 Å². The zero-order chi connectivity index (χ0) is 13.1. The third-order valence-corrected chi connectivity index (χ3v) is 3.08. The molecule has 1 N–H and O–H groups in total. The summed E-state index contributed by atoms with van der Waals surface area (Å²) < 4.78 is 5.60. The van der Waals surface area contributed by atoms with E-state index in [1.54, 1.807) is 0 Å². The Morgan fingerprint density at radius 2 is 1.67 bits per heavy atom.